The first kappa shape index (κ1) is 14.5. The van der Waals surface area contributed by atoms with Crippen molar-refractivity contribution < 1.29 is 8.42 Å². The number of aromatic amines is 1. The lowest BCUT2D eigenvalue weighted by Crippen LogP contribution is -2.32. The zero-order valence-electron chi connectivity index (χ0n) is 10.6. The summed E-state index contributed by atoms with van der Waals surface area (Å²) in [5.41, 5.74) is -0.333. The molecule has 0 atom stereocenters. The highest BCUT2D eigenvalue weighted by atomic mass is 35.7. The number of nitrogens with zero attached hydrogens (tertiary/aromatic N) is 3. The zero-order valence-corrected chi connectivity index (χ0v) is 12.2. The molecule has 1 N–H and O–H groups in total. The highest BCUT2D eigenvalue weighted by Crippen LogP contribution is 2.09. The van der Waals surface area contributed by atoms with Gasteiger partial charge in [0, 0.05) is 23.9 Å². The molecule has 8 nitrogen and oxygen atoms in total. The van der Waals surface area contributed by atoms with Gasteiger partial charge in [-0.3, -0.25) is 19.0 Å². The number of aryl methyl sites for hydroxylation is 2. The molecule has 0 amide bonds. The van der Waals surface area contributed by atoms with Crippen molar-refractivity contribution >= 4 is 19.7 Å². The van der Waals surface area contributed by atoms with E-state index >= 15 is 0 Å². The van der Waals surface area contributed by atoms with E-state index in [2.05, 4.69) is 5.10 Å². The van der Waals surface area contributed by atoms with E-state index in [4.69, 9.17) is 10.7 Å². The number of aromatic nitrogens is 4. The van der Waals surface area contributed by atoms with E-state index in [1.165, 1.54) is 0 Å². The van der Waals surface area contributed by atoms with Crippen LogP contribution in [-0.2, 0) is 22.6 Å². The van der Waals surface area contributed by atoms with E-state index in [0.717, 1.165) is 16.5 Å². The summed E-state index contributed by atoms with van der Waals surface area (Å²) in [5, 5.41) is 4.11. The predicted octanol–water partition coefficient (Wildman–Crippen LogP) is -0.446. The fourth-order valence-electron chi connectivity index (χ4n) is 1.77. The van der Waals surface area contributed by atoms with Crippen LogP contribution in [0.25, 0.3) is 0 Å². The molecule has 0 radical (unpaired) electrons. The van der Waals surface area contributed by atoms with Crippen molar-refractivity contribution in [2.24, 2.45) is 7.05 Å². The molecule has 0 aliphatic rings. The van der Waals surface area contributed by atoms with E-state index in [1.807, 2.05) is 4.98 Å². The van der Waals surface area contributed by atoms with Crippen LogP contribution in [-0.4, -0.2) is 27.7 Å². The van der Waals surface area contributed by atoms with Crippen molar-refractivity contribution in [1.82, 2.24) is 19.3 Å². The summed E-state index contributed by atoms with van der Waals surface area (Å²) < 4.78 is 25.1. The average molecular weight is 319 g/mol. The van der Waals surface area contributed by atoms with Crippen LogP contribution in [0.1, 0.15) is 11.4 Å². The van der Waals surface area contributed by atoms with E-state index in [1.54, 1.807) is 24.7 Å². The van der Waals surface area contributed by atoms with Crippen molar-refractivity contribution in [3.63, 3.8) is 0 Å². The highest BCUT2D eigenvalue weighted by Gasteiger charge is 2.17. The molecular weight excluding hydrogens is 308 g/mol. The number of rotatable bonds is 3. The molecule has 2 aromatic rings. The summed E-state index contributed by atoms with van der Waals surface area (Å²) >= 11 is 0. The molecule has 0 unspecified atom stereocenters. The molecule has 20 heavy (non-hydrogen) atoms. The second kappa shape index (κ2) is 4.91. The monoisotopic (exact) mass is 318 g/mol. The normalized spacial score (nSPS) is 11.8. The molecule has 0 aliphatic carbocycles. The van der Waals surface area contributed by atoms with E-state index in [0.29, 0.717) is 5.69 Å². The molecule has 2 rings (SSSR count). The fraction of sp³-hybridized carbons (Fsp3) is 0.300. The molecule has 2 aromatic heterocycles. The van der Waals surface area contributed by atoms with E-state index in [-0.39, 0.29) is 6.54 Å². The third kappa shape index (κ3) is 2.83. The Hall–Kier alpha value is -1.87. The number of hydrogen-bond acceptors (Lipinski definition) is 5. The van der Waals surface area contributed by atoms with Crippen LogP contribution in [0.5, 0.6) is 0 Å². The first-order valence-electron chi connectivity index (χ1n) is 5.46. The Balaban J connectivity index is 2.56. The Morgan fingerprint density at radius 2 is 2.05 bits per heavy atom. The molecule has 108 valence electrons. The molecule has 0 aliphatic heterocycles. The minimum atomic E-state index is -4.22. The number of halogens is 1. The Bertz CT molecular complexity index is 877. The molecule has 0 aromatic carbocycles. The minimum Gasteiger partial charge on any atom is -0.293 e. The largest absolute Gasteiger partial charge is 0.328 e. The number of nitrogens with one attached hydrogen (secondary N) is 1. The van der Waals surface area contributed by atoms with Crippen LogP contribution in [0.15, 0.2) is 26.7 Å². The molecule has 0 saturated heterocycles. The van der Waals surface area contributed by atoms with Gasteiger partial charge in [-0.1, -0.05) is 0 Å². The topological polar surface area (TPSA) is 107 Å². The van der Waals surface area contributed by atoms with Gasteiger partial charge in [-0.2, -0.15) is 5.10 Å². The fourth-order valence-corrected chi connectivity index (χ4v) is 2.62. The van der Waals surface area contributed by atoms with Gasteiger partial charge < -0.3 is 0 Å². The van der Waals surface area contributed by atoms with Gasteiger partial charge in [0.05, 0.1) is 17.9 Å². The number of hydrogen-bond donors (Lipinski definition) is 1. The van der Waals surface area contributed by atoms with Gasteiger partial charge in [0.15, 0.2) is 4.90 Å². The van der Waals surface area contributed by atoms with Crippen LogP contribution >= 0.6 is 10.7 Å². The zero-order chi connectivity index (χ0) is 15.1. The Labute approximate surface area is 118 Å². The van der Waals surface area contributed by atoms with E-state index < -0.39 is 25.2 Å². The lowest BCUT2D eigenvalue weighted by molar-refractivity contribution is 0.598. The second-order valence-electron chi connectivity index (χ2n) is 4.22. The molecule has 10 heteroatoms. The van der Waals surface area contributed by atoms with Gasteiger partial charge in [0.2, 0.25) is 0 Å². The van der Waals surface area contributed by atoms with Crippen LogP contribution in [0.3, 0.4) is 0 Å². The summed E-state index contributed by atoms with van der Waals surface area (Å²) in [5.74, 6) is 0. The number of H-pyrrole nitrogens is 1. The van der Waals surface area contributed by atoms with Crippen molar-refractivity contribution in [3.8, 4) is 0 Å². The third-order valence-electron chi connectivity index (χ3n) is 2.67. The van der Waals surface area contributed by atoms with E-state index in [9.17, 15) is 18.0 Å². The quantitative estimate of drug-likeness (QED) is 0.772. The summed E-state index contributed by atoms with van der Waals surface area (Å²) in [4.78, 5) is 24.3. The van der Waals surface area contributed by atoms with Crippen LogP contribution in [0.2, 0.25) is 0 Å². The second-order valence-corrected chi connectivity index (χ2v) is 6.75. The van der Waals surface area contributed by atoms with Gasteiger partial charge in [0.25, 0.3) is 14.6 Å². The van der Waals surface area contributed by atoms with Crippen LogP contribution in [0, 0.1) is 6.92 Å². The van der Waals surface area contributed by atoms with Gasteiger partial charge in [-0.05, 0) is 13.0 Å². The van der Waals surface area contributed by atoms with Crippen molar-refractivity contribution in [1.29, 1.82) is 0 Å². The lowest BCUT2D eigenvalue weighted by atomic mass is 10.3. The molecule has 2 heterocycles. The van der Waals surface area contributed by atoms with Gasteiger partial charge in [-0.15, -0.1) is 0 Å². The third-order valence-corrected chi connectivity index (χ3v) is 3.99. The van der Waals surface area contributed by atoms with Crippen LogP contribution in [0.4, 0.5) is 0 Å². The Kier molecular flexibility index (Phi) is 3.57. The Morgan fingerprint density at radius 3 is 2.55 bits per heavy atom. The molecule has 0 bridgehead atoms. The SMILES string of the molecule is Cc1cc(Cn2cc(S(=O)(=O)Cl)c(=O)[nH]c2=O)n(C)n1. The van der Waals surface area contributed by atoms with Gasteiger partial charge in [-0.25, -0.2) is 13.2 Å². The molecule has 0 saturated carbocycles. The molecular formula is C10H11ClN4O4S. The van der Waals surface area contributed by atoms with Gasteiger partial charge in [0.1, 0.15) is 0 Å². The summed E-state index contributed by atoms with van der Waals surface area (Å²) in [6.45, 7) is 1.85. The minimum absolute atomic E-state index is 0.0619. The van der Waals surface area contributed by atoms with Crippen LogP contribution < -0.4 is 11.2 Å². The van der Waals surface area contributed by atoms with Crippen molar-refractivity contribution in [2.45, 2.75) is 18.4 Å². The first-order chi connectivity index (χ1) is 9.18. The maximum absolute atomic E-state index is 11.7. The Morgan fingerprint density at radius 1 is 1.40 bits per heavy atom. The smallest absolute Gasteiger partial charge is 0.293 e. The molecule has 0 fully saturated rings. The standard InChI is InChI=1S/C10H11ClN4O4S/c1-6-3-7(14(2)13-6)4-15-5-8(20(11,18)19)9(16)12-10(15)17/h3,5H,4H2,1-2H3,(H,12,16,17). The summed E-state index contributed by atoms with van der Waals surface area (Å²) in [7, 11) is 2.61. The van der Waals surface area contributed by atoms with Crippen molar-refractivity contribution in [2.75, 3.05) is 0 Å². The van der Waals surface area contributed by atoms with Crippen molar-refractivity contribution in [3.05, 3.63) is 44.5 Å². The highest BCUT2D eigenvalue weighted by molar-refractivity contribution is 8.13. The predicted molar refractivity (Wildman–Crippen MR) is 71.4 cm³/mol. The maximum Gasteiger partial charge on any atom is 0.328 e. The molecule has 0 spiro atoms. The van der Waals surface area contributed by atoms with Gasteiger partial charge >= 0.3 is 5.69 Å². The first-order valence-corrected chi connectivity index (χ1v) is 7.77. The maximum atomic E-state index is 11.7. The lowest BCUT2D eigenvalue weighted by Gasteiger charge is -2.06. The summed E-state index contributed by atoms with van der Waals surface area (Å²) in [6.07, 6.45) is 0.922. The average Bonchev–Trinajstić information content (AvgIpc) is 2.59. The summed E-state index contributed by atoms with van der Waals surface area (Å²) in [6, 6.07) is 1.74.